The van der Waals surface area contributed by atoms with Gasteiger partial charge in [-0.3, -0.25) is 15.5 Å². The Morgan fingerprint density at radius 2 is 1.59 bits per heavy atom. The topological polar surface area (TPSA) is 200 Å². The van der Waals surface area contributed by atoms with E-state index in [0.29, 0.717) is 12.4 Å². The predicted octanol–water partition coefficient (Wildman–Crippen LogP) is 1.28. The van der Waals surface area contributed by atoms with Crippen LogP contribution in [0.3, 0.4) is 0 Å². The van der Waals surface area contributed by atoms with E-state index < -0.39 is 17.6 Å². The lowest BCUT2D eigenvalue weighted by molar-refractivity contribution is 0.0603. The quantitative estimate of drug-likeness (QED) is 0.135. The minimum absolute atomic E-state index is 0.0630. The Morgan fingerprint density at radius 1 is 1.00 bits per heavy atom. The zero-order valence-corrected chi connectivity index (χ0v) is 24.0. The van der Waals surface area contributed by atoms with Crippen LogP contribution in [0.2, 0.25) is 5.15 Å². The molecule has 0 aromatic carbocycles. The van der Waals surface area contributed by atoms with Crippen LogP contribution in [0.1, 0.15) is 57.4 Å². The summed E-state index contributed by atoms with van der Waals surface area (Å²) in [6, 6.07) is 0. The van der Waals surface area contributed by atoms with Gasteiger partial charge in [-0.2, -0.15) is 4.99 Å². The number of piperazine rings is 1. The summed E-state index contributed by atoms with van der Waals surface area (Å²) in [4.78, 5) is 40.3. The van der Waals surface area contributed by atoms with E-state index in [1.807, 2.05) is 20.8 Å². The Bertz CT molecular complexity index is 1020. The first-order valence-electron chi connectivity index (χ1n) is 13.0. The molecule has 14 nitrogen and oxygen atoms in total. The van der Waals surface area contributed by atoms with Crippen LogP contribution >= 0.6 is 11.6 Å². The normalized spacial score (nSPS) is 15.1. The summed E-state index contributed by atoms with van der Waals surface area (Å²) in [6.45, 7) is 14.5. The molecule has 0 bridgehead atoms. The minimum Gasteiger partial charge on any atom is -0.442 e. The van der Waals surface area contributed by atoms with Gasteiger partial charge in [0, 0.05) is 39.3 Å². The van der Waals surface area contributed by atoms with Crippen LogP contribution in [-0.4, -0.2) is 102 Å². The third-order valence-corrected chi connectivity index (χ3v) is 5.99. The van der Waals surface area contributed by atoms with Gasteiger partial charge in [-0.15, -0.1) is 0 Å². The molecule has 1 fully saturated rings. The zero-order chi connectivity index (χ0) is 29.0. The van der Waals surface area contributed by atoms with Gasteiger partial charge in [0.15, 0.2) is 28.4 Å². The molecule has 1 aliphatic rings. The van der Waals surface area contributed by atoms with Gasteiger partial charge in [-0.1, -0.05) is 11.6 Å². The lowest BCUT2D eigenvalue weighted by atomic mass is 10.2. The molecule has 0 spiro atoms. The molecule has 8 N–H and O–H groups in total. The molecule has 0 radical (unpaired) electrons. The van der Waals surface area contributed by atoms with Crippen LogP contribution in [0.15, 0.2) is 4.99 Å². The van der Waals surface area contributed by atoms with Crippen LogP contribution in [0, 0.1) is 5.41 Å². The molecule has 218 valence electrons. The van der Waals surface area contributed by atoms with Gasteiger partial charge < -0.3 is 36.6 Å². The maximum absolute atomic E-state index is 12.2. The number of nitrogens with one attached hydrogen (secondary N) is 4. The van der Waals surface area contributed by atoms with Gasteiger partial charge in [-0.25, -0.2) is 14.8 Å². The van der Waals surface area contributed by atoms with E-state index in [-0.39, 0.29) is 28.4 Å². The van der Waals surface area contributed by atoms with Gasteiger partial charge in [0.25, 0.3) is 5.91 Å². The Labute approximate surface area is 234 Å². The van der Waals surface area contributed by atoms with Crippen LogP contribution in [0.4, 0.5) is 16.4 Å². The molecule has 0 aliphatic carbocycles. The number of hydrogen-bond acceptors (Lipinski definition) is 10. The minimum atomic E-state index is -0.683. The van der Waals surface area contributed by atoms with Crippen molar-refractivity contribution in [2.75, 3.05) is 63.8 Å². The highest BCUT2D eigenvalue weighted by atomic mass is 35.5. The van der Waals surface area contributed by atoms with Crippen LogP contribution < -0.4 is 27.4 Å². The third kappa shape index (κ3) is 12.4. The lowest BCUT2D eigenvalue weighted by Crippen LogP contribution is -2.47. The van der Waals surface area contributed by atoms with Crippen molar-refractivity contribution in [3.05, 3.63) is 10.8 Å². The number of nitrogens with two attached hydrogens (primary N) is 2. The van der Waals surface area contributed by atoms with E-state index in [1.54, 1.807) is 6.92 Å². The second-order valence-electron chi connectivity index (χ2n) is 10.2. The fourth-order valence-corrected chi connectivity index (χ4v) is 3.90. The molecule has 15 heteroatoms. The Morgan fingerprint density at radius 3 is 2.21 bits per heavy atom. The maximum atomic E-state index is 12.2. The lowest BCUT2D eigenvalue weighted by Gasteiger charge is -2.34. The number of carbonyl (C=O) groups is 2. The number of ether oxygens (including phenoxy) is 1. The van der Waals surface area contributed by atoms with Crippen molar-refractivity contribution >= 4 is 47.0 Å². The number of anilines is 2. The molecule has 1 aliphatic heterocycles. The molecule has 1 aromatic rings. The van der Waals surface area contributed by atoms with Crippen LogP contribution in [0.5, 0.6) is 0 Å². The molecule has 2 heterocycles. The molecular formula is C24H42ClN11O3. The standard InChI is InChI=1S/C24H42ClN11O3/c1-16(31-23(38)39-24(2,3)4)29-9-7-11-36-14-12-35(13-15-36)10-6-5-8-30-22(28)34-21(37)17-19(26)33-20(27)18(25)32-17/h5-15H2,1-4H3,(H4,26,27,33)(H,29,31,38)(H3,28,30,34,37). The molecule has 1 saturated heterocycles. The summed E-state index contributed by atoms with van der Waals surface area (Å²) in [6.07, 6.45) is 2.20. The number of nitrogens with zero attached hydrogens (tertiary/aromatic N) is 5. The largest absolute Gasteiger partial charge is 0.442 e. The van der Waals surface area contributed by atoms with Crippen molar-refractivity contribution in [1.29, 1.82) is 5.41 Å². The highest BCUT2D eigenvalue weighted by Crippen LogP contribution is 2.17. The number of aliphatic imine (C=N–C) groups is 1. The summed E-state index contributed by atoms with van der Waals surface area (Å²) in [5.41, 5.74) is 10.4. The number of guanidine groups is 1. The number of carbonyl (C=O) groups excluding carboxylic acids is 2. The summed E-state index contributed by atoms with van der Waals surface area (Å²) in [5, 5.41) is 16.2. The molecular weight excluding hydrogens is 526 g/mol. The number of halogens is 1. The Balaban J connectivity index is 1.53. The van der Waals surface area contributed by atoms with Gasteiger partial charge in [0.2, 0.25) is 0 Å². The van der Waals surface area contributed by atoms with Crippen molar-refractivity contribution in [3.8, 4) is 0 Å². The average Bonchev–Trinajstić information content (AvgIpc) is 2.83. The van der Waals surface area contributed by atoms with Crippen LogP contribution in [0.25, 0.3) is 0 Å². The fraction of sp³-hybridized carbons (Fsp3) is 0.667. The van der Waals surface area contributed by atoms with Crippen LogP contribution in [-0.2, 0) is 4.74 Å². The number of hydrogen-bond donors (Lipinski definition) is 6. The first kappa shape index (κ1) is 32.0. The van der Waals surface area contributed by atoms with E-state index in [2.05, 4.69) is 40.7 Å². The second kappa shape index (κ2) is 15.4. The molecule has 0 atom stereocenters. The molecule has 2 rings (SSSR count). The summed E-state index contributed by atoms with van der Waals surface area (Å²) < 4.78 is 5.19. The molecule has 0 saturated carbocycles. The number of amides is 2. The van der Waals surface area contributed by atoms with Crippen molar-refractivity contribution in [2.24, 2.45) is 4.99 Å². The first-order chi connectivity index (χ1) is 18.3. The Kier molecular flexibility index (Phi) is 12.6. The van der Waals surface area contributed by atoms with Crippen molar-refractivity contribution in [1.82, 2.24) is 35.7 Å². The van der Waals surface area contributed by atoms with E-state index in [1.165, 1.54) is 0 Å². The van der Waals surface area contributed by atoms with Gasteiger partial charge in [-0.05, 0) is 60.0 Å². The van der Waals surface area contributed by atoms with Gasteiger partial charge in [0.1, 0.15) is 11.4 Å². The highest BCUT2D eigenvalue weighted by Gasteiger charge is 2.18. The first-order valence-corrected chi connectivity index (χ1v) is 13.4. The maximum Gasteiger partial charge on any atom is 0.435 e. The van der Waals surface area contributed by atoms with E-state index in [9.17, 15) is 9.59 Å². The number of amidine groups is 1. The number of rotatable bonds is 10. The number of aromatic nitrogens is 2. The molecule has 39 heavy (non-hydrogen) atoms. The second-order valence-corrected chi connectivity index (χ2v) is 10.6. The van der Waals surface area contributed by atoms with Crippen molar-refractivity contribution in [2.45, 2.75) is 52.6 Å². The smallest absolute Gasteiger partial charge is 0.435 e. The number of unbranched alkanes of at least 4 members (excludes halogenated alkanes) is 1. The SMILES string of the molecule is C/C(=N\C(=O)OC(C)(C)C)NCCCN1CCN(CCCCNC(=N)NC(=O)c2nc(Cl)c(N)nc2N)CC1. The molecule has 0 unspecified atom stereocenters. The summed E-state index contributed by atoms with van der Waals surface area (Å²) >= 11 is 5.79. The van der Waals surface area contributed by atoms with Crippen molar-refractivity contribution < 1.29 is 14.3 Å². The predicted molar refractivity (Wildman–Crippen MR) is 153 cm³/mol. The summed E-state index contributed by atoms with van der Waals surface area (Å²) in [7, 11) is 0. The third-order valence-electron chi connectivity index (χ3n) is 5.71. The molecule has 2 amide bonds. The molecule has 1 aromatic heterocycles. The van der Waals surface area contributed by atoms with Crippen molar-refractivity contribution in [3.63, 3.8) is 0 Å². The van der Waals surface area contributed by atoms with Gasteiger partial charge in [0.05, 0.1) is 0 Å². The van der Waals surface area contributed by atoms with E-state index in [0.717, 1.165) is 65.1 Å². The zero-order valence-electron chi connectivity index (χ0n) is 23.3. The highest BCUT2D eigenvalue weighted by molar-refractivity contribution is 6.31. The fourth-order valence-electron chi connectivity index (χ4n) is 3.77. The summed E-state index contributed by atoms with van der Waals surface area (Å²) in [5.74, 6) is -0.488. The number of nitrogen functional groups attached to an aromatic ring is 2. The van der Waals surface area contributed by atoms with Gasteiger partial charge >= 0.3 is 6.09 Å². The van der Waals surface area contributed by atoms with E-state index >= 15 is 0 Å². The average molecular weight is 568 g/mol. The monoisotopic (exact) mass is 567 g/mol. The van der Waals surface area contributed by atoms with E-state index in [4.69, 9.17) is 33.2 Å². The Hall–Kier alpha value is -3.23.